The van der Waals surface area contributed by atoms with Crippen LogP contribution in [0.1, 0.15) is 38.2 Å². The van der Waals surface area contributed by atoms with Gasteiger partial charge in [0.05, 0.1) is 0 Å². The number of carbonyl (C=O) groups is 1. The molecule has 1 aromatic rings. The number of benzene rings is 1. The molecule has 2 nitrogen and oxygen atoms in total. The predicted octanol–water partition coefficient (Wildman–Crippen LogP) is 3.31. The summed E-state index contributed by atoms with van der Waals surface area (Å²) >= 11 is 5.92. The maximum absolute atomic E-state index is 12.0. The highest BCUT2D eigenvalue weighted by atomic mass is 35.5. The number of halogens is 1. The number of hydrogen-bond acceptors (Lipinski definition) is 1. The van der Waals surface area contributed by atoms with E-state index in [1.165, 1.54) is 5.56 Å². The monoisotopic (exact) mass is 265 g/mol. The molecule has 0 heterocycles. The lowest BCUT2D eigenvalue weighted by atomic mass is 10.1. The maximum atomic E-state index is 12.0. The van der Waals surface area contributed by atoms with E-state index in [0.717, 1.165) is 12.8 Å². The molecule has 3 heteroatoms. The first-order valence-corrected chi connectivity index (χ1v) is 7.01. The average Bonchev–Trinajstić information content (AvgIpc) is 3.08. The number of carbonyl (C=O) groups excluding carboxylic acids is 1. The lowest BCUT2D eigenvalue weighted by Crippen LogP contribution is -2.35. The van der Waals surface area contributed by atoms with Crippen molar-refractivity contribution >= 4 is 17.5 Å². The van der Waals surface area contributed by atoms with Gasteiger partial charge in [0.25, 0.3) is 0 Å². The third-order valence-electron chi connectivity index (χ3n) is 3.42. The van der Waals surface area contributed by atoms with Gasteiger partial charge in [0, 0.05) is 17.3 Å². The molecule has 2 rings (SSSR count). The second-order valence-electron chi connectivity index (χ2n) is 5.29. The van der Waals surface area contributed by atoms with Gasteiger partial charge in [0.1, 0.15) is 0 Å². The van der Waals surface area contributed by atoms with E-state index in [4.69, 9.17) is 11.6 Å². The van der Waals surface area contributed by atoms with Gasteiger partial charge in [-0.3, -0.25) is 4.79 Å². The topological polar surface area (TPSA) is 29.1 Å². The standard InChI is InChI=1S/C15H20ClNO/c1-10(16)8-11(2)17-15(18)14-9-13(14)12-6-4-3-5-7-12/h3-7,10-11,13-14H,8-9H2,1-2H3,(H,17,18). The summed E-state index contributed by atoms with van der Waals surface area (Å²) in [7, 11) is 0. The molecule has 0 radical (unpaired) electrons. The smallest absolute Gasteiger partial charge is 0.223 e. The van der Waals surface area contributed by atoms with Gasteiger partial charge in [-0.25, -0.2) is 0 Å². The zero-order valence-corrected chi connectivity index (χ0v) is 11.7. The van der Waals surface area contributed by atoms with Gasteiger partial charge in [-0.1, -0.05) is 30.3 Å². The van der Waals surface area contributed by atoms with Gasteiger partial charge in [-0.15, -0.1) is 11.6 Å². The number of hydrogen-bond donors (Lipinski definition) is 1. The summed E-state index contributed by atoms with van der Waals surface area (Å²) in [6.45, 7) is 3.96. The molecule has 0 bridgehead atoms. The average molecular weight is 266 g/mol. The molecule has 1 N–H and O–H groups in total. The zero-order chi connectivity index (χ0) is 13.1. The maximum Gasteiger partial charge on any atom is 0.223 e. The molecule has 0 aromatic heterocycles. The minimum absolute atomic E-state index is 0.101. The van der Waals surface area contributed by atoms with Crippen molar-refractivity contribution in [1.82, 2.24) is 5.32 Å². The molecule has 0 saturated heterocycles. The Hall–Kier alpha value is -1.02. The van der Waals surface area contributed by atoms with E-state index in [0.29, 0.717) is 5.92 Å². The van der Waals surface area contributed by atoms with Crippen LogP contribution in [0.2, 0.25) is 0 Å². The van der Waals surface area contributed by atoms with Crippen molar-refractivity contribution in [2.75, 3.05) is 0 Å². The molecule has 1 aliphatic carbocycles. The SMILES string of the molecule is CC(Cl)CC(C)NC(=O)C1CC1c1ccccc1. The van der Waals surface area contributed by atoms with Crippen molar-refractivity contribution in [3.63, 3.8) is 0 Å². The van der Waals surface area contributed by atoms with Crippen LogP contribution in [0.25, 0.3) is 0 Å². The van der Waals surface area contributed by atoms with Gasteiger partial charge >= 0.3 is 0 Å². The van der Waals surface area contributed by atoms with Crippen LogP contribution in [0.3, 0.4) is 0 Å². The first-order chi connectivity index (χ1) is 8.58. The third-order valence-corrected chi connectivity index (χ3v) is 3.60. The Balaban J connectivity index is 1.83. The van der Waals surface area contributed by atoms with E-state index in [1.54, 1.807) is 0 Å². The summed E-state index contributed by atoms with van der Waals surface area (Å²) in [5.41, 5.74) is 1.27. The molecule has 1 saturated carbocycles. The minimum atomic E-state index is 0.101. The van der Waals surface area contributed by atoms with Gasteiger partial charge in [-0.2, -0.15) is 0 Å². The van der Waals surface area contributed by atoms with Crippen LogP contribution in [-0.4, -0.2) is 17.3 Å². The summed E-state index contributed by atoms with van der Waals surface area (Å²) in [5.74, 6) is 0.737. The van der Waals surface area contributed by atoms with Crippen LogP contribution in [0.5, 0.6) is 0 Å². The van der Waals surface area contributed by atoms with Crippen LogP contribution in [0, 0.1) is 5.92 Å². The molecule has 18 heavy (non-hydrogen) atoms. The van der Waals surface area contributed by atoms with Gasteiger partial charge in [0.15, 0.2) is 0 Å². The lowest BCUT2D eigenvalue weighted by molar-refractivity contribution is -0.123. The van der Waals surface area contributed by atoms with Crippen molar-refractivity contribution in [3.8, 4) is 0 Å². The van der Waals surface area contributed by atoms with Crippen molar-refractivity contribution in [3.05, 3.63) is 35.9 Å². The molecule has 1 amide bonds. The van der Waals surface area contributed by atoms with E-state index < -0.39 is 0 Å². The summed E-state index contributed by atoms with van der Waals surface area (Å²) in [4.78, 5) is 12.0. The second kappa shape index (κ2) is 5.75. The fraction of sp³-hybridized carbons (Fsp3) is 0.533. The van der Waals surface area contributed by atoms with Crippen molar-refractivity contribution in [2.45, 2.75) is 44.0 Å². The minimum Gasteiger partial charge on any atom is -0.353 e. The van der Waals surface area contributed by atoms with Crippen LogP contribution < -0.4 is 5.32 Å². The van der Waals surface area contributed by atoms with E-state index in [9.17, 15) is 4.79 Å². The normalized spacial score (nSPS) is 25.3. The number of amides is 1. The van der Waals surface area contributed by atoms with Gasteiger partial charge in [-0.05, 0) is 38.2 Å². The van der Waals surface area contributed by atoms with Gasteiger partial charge in [0.2, 0.25) is 5.91 Å². The quantitative estimate of drug-likeness (QED) is 0.813. The summed E-state index contributed by atoms with van der Waals surface area (Å²) in [6, 6.07) is 10.4. The van der Waals surface area contributed by atoms with Crippen molar-refractivity contribution in [2.24, 2.45) is 5.92 Å². The van der Waals surface area contributed by atoms with E-state index >= 15 is 0 Å². The highest BCUT2D eigenvalue weighted by molar-refractivity contribution is 6.20. The largest absolute Gasteiger partial charge is 0.353 e. The van der Waals surface area contributed by atoms with Gasteiger partial charge < -0.3 is 5.32 Å². The van der Waals surface area contributed by atoms with Crippen molar-refractivity contribution < 1.29 is 4.79 Å². The fourth-order valence-electron chi connectivity index (χ4n) is 2.45. The molecule has 1 aromatic carbocycles. The number of alkyl halides is 1. The Morgan fingerprint density at radius 1 is 1.39 bits per heavy atom. The Morgan fingerprint density at radius 2 is 2.06 bits per heavy atom. The van der Waals surface area contributed by atoms with Crippen molar-refractivity contribution in [1.29, 1.82) is 0 Å². The van der Waals surface area contributed by atoms with E-state index in [1.807, 2.05) is 32.0 Å². The number of nitrogens with one attached hydrogen (secondary N) is 1. The third kappa shape index (κ3) is 3.49. The van der Waals surface area contributed by atoms with Crippen LogP contribution >= 0.6 is 11.6 Å². The Morgan fingerprint density at radius 3 is 2.67 bits per heavy atom. The molecule has 0 spiro atoms. The van der Waals surface area contributed by atoms with E-state index in [-0.39, 0.29) is 23.2 Å². The Kier molecular flexibility index (Phi) is 4.28. The molecule has 1 fully saturated rings. The Labute approximate surface area is 114 Å². The molecule has 1 aliphatic rings. The van der Waals surface area contributed by atoms with E-state index in [2.05, 4.69) is 17.4 Å². The lowest BCUT2D eigenvalue weighted by Gasteiger charge is -2.15. The first kappa shape index (κ1) is 13.4. The molecule has 4 atom stereocenters. The highest BCUT2D eigenvalue weighted by Crippen LogP contribution is 2.47. The van der Waals surface area contributed by atoms with Crippen LogP contribution in [0.15, 0.2) is 30.3 Å². The molecule has 0 aliphatic heterocycles. The summed E-state index contributed by atoms with van der Waals surface area (Å²) in [6.07, 6.45) is 1.79. The molecular formula is C15H20ClNO. The number of rotatable bonds is 5. The van der Waals surface area contributed by atoms with Crippen LogP contribution in [0.4, 0.5) is 0 Å². The first-order valence-electron chi connectivity index (χ1n) is 6.57. The fourth-order valence-corrected chi connectivity index (χ4v) is 2.72. The summed E-state index contributed by atoms with van der Waals surface area (Å²) < 4.78 is 0. The predicted molar refractivity (Wildman–Crippen MR) is 74.8 cm³/mol. The zero-order valence-electron chi connectivity index (χ0n) is 10.9. The molecular weight excluding hydrogens is 246 g/mol. The molecule has 98 valence electrons. The molecule has 4 unspecified atom stereocenters. The van der Waals surface area contributed by atoms with Crippen LogP contribution in [-0.2, 0) is 4.79 Å². The summed E-state index contributed by atoms with van der Waals surface area (Å²) in [5, 5.41) is 3.15. The Bertz CT molecular complexity index is 404. The second-order valence-corrected chi connectivity index (χ2v) is 6.03. The highest BCUT2D eigenvalue weighted by Gasteiger charge is 2.43.